The van der Waals surface area contributed by atoms with Crippen molar-refractivity contribution in [1.29, 1.82) is 0 Å². The van der Waals surface area contributed by atoms with Gasteiger partial charge < -0.3 is 20.6 Å². The first-order chi connectivity index (χ1) is 8.97. The largest absolute Gasteiger partial charge is 0.504 e. The third-order valence-corrected chi connectivity index (χ3v) is 2.74. The van der Waals surface area contributed by atoms with E-state index in [2.05, 4.69) is 5.32 Å². The number of phenolic OH excluding ortho intramolecular Hbond substituents is 3. The van der Waals surface area contributed by atoms with Gasteiger partial charge in [-0.2, -0.15) is 0 Å². The van der Waals surface area contributed by atoms with E-state index in [9.17, 15) is 19.7 Å². The standard InChI is InChI=1S/C14H14FNO3/c1-8-4-10(15)6-11(5-8)16-7-9-2-3-12(17)14(19)13(9)18/h2-6,16-19H,7H2,1H3. The van der Waals surface area contributed by atoms with E-state index >= 15 is 0 Å². The Labute approximate surface area is 109 Å². The molecule has 0 amide bonds. The Kier molecular flexibility index (Phi) is 3.46. The minimum absolute atomic E-state index is 0.197. The van der Waals surface area contributed by atoms with Crippen molar-refractivity contribution in [3.63, 3.8) is 0 Å². The smallest absolute Gasteiger partial charge is 0.200 e. The molecule has 2 aromatic rings. The topological polar surface area (TPSA) is 72.7 Å². The number of anilines is 1. The van der Waals surface area contributed by atoms with Crippen molar-refractivity contribution in [3.8, 4) is 17.2 Å². The monoisotopic (exact) mass is 263 g/mol. The average Bonchev–Trinajstić information content (AvgIpc) is 2.34. The van der Waals surface area contributed by atoms with Crippen molar-refractivity contribution in [2.75, 3.05) is 5.32 Å². The number of halogens is 1. The van der Waals surface area contributed by atoms with Gasteiger partial charge in [-0.05, 0) is 42.8 Å². The van der Waals surface area contributed by atoms with Gasteiger partial charge in [0.25, 0.3) is 0 Å². The summed E-state index contributed by atoms with van der Waals surface area (Å²) in [5, 5.41) is 31.2. The molecule has 0 bridgehead atoms. The third-order valence-electron chi connectivity index (χ3n) is 2.74. The van der Waals surface area contributed by atoms with Gasteiger partial charge in [0.05, 0.1) is 0 Å². The van der Waals surface area contributed by atoms with Gasteiger partial charge in [0.2, 0.25) is 5.75 Å². The number of hydrogen-bond donors (Lipinski definition) is 4. The van der Waals surface area contributed by atoms with Gasteiger partial charge in [0.1, 0.15) is 5.82 Å². The molecule has 5 heteroatoms. The molecule has 2 aromatic carbocycles. The second kappa shape index (κ2) is 5.06. The lowest BCUT2D eigenvalue weighted by Crippen LogP contribution is -2.00. The molecule has 0 heterocycles. The number of nitrogens with one attached hydrogen (secondary N) is 1. The zero-order valence-corrected chi connectivity index (χ0v) is 10.3. The first-order valence-electron chi connectivity index (χ1n) is 5.71. The fraction of sp³-hybridized carbons (Fsp3) is 0.143. The van der Waals surface area contributed by atoms with Gasteiger partial charge in [0, 0.05) is 17.8 Å². The van der Waals surface area contributed by atoms with E-state index in [1.54, 1.807) is 13.0 Å². The van der Waals surface area contributed by atoms with E-state index in [0.717, 1.165) is 5.56 Å². The molecule has 100 valence electrons. The molecule has 0 radical (unpaired) electrons. The molecule has 0 aliphatic rings. The lowest BCUT2D eigenvalue weighted by Gasteiger charge is -2.10. The number of hydrogen-bond acceptors (Lipinski definition) is 4. The maximum absolute atomic E-state index is 13.2. The third kappa shape index (κ3) is 2.88. The van der Waals surface area contributed by atoms with Gasteiger partial charge in [-0.25, -0.2) is 4.39 Å². The number of phenols is 3. The first kappa shape index (κ1) is 13.0. The van der Waals surface area contributed by atoms with Gasteiger partial charge in [-0.15, -0.1) is 0 Å². The van der Waals surface area contributed by atoms with Gasteiger partial charge in [-0.1, -0.05) is 0 Å². The van der Waals surface area contributed by atoms with Crippen LogP contribution in [0.15, 0.2) is 30.3 Å². The van der Waals surface area contributed by atoms with Crippen molar-refractivity contribution < 1.29 is 19.7 Å². The average molecular weight is 263 g/mol. The van der Waals surface area contributed by atoms with E-state index in [1.807, 2.05) is 0 Å². The van der Waals surface area contributed by atoms with Crippen molar-refractivity contribution in [2.45, 2.75) is 13.5 Å². The molecule has 0 fully saturated rings. The molecule has 0 saturated heterocycles. The summed E-state index contributed by atoms with van der Waals surface area (Å²) < 4.78 is 13.2. The fourth-order valence-corrected chi connectivity index (χ4v) is 1.79. The Morgan fingerprint density at radius 1 is 1.05 bits per heavy atom. The van der Waals surface area contributed by atoms with E-state index in [4.69, 9.17) is 0 Å². The predicted octanol–water partition coefficient (Wildman–Crippen LogP) is 2.86. The molecule has 0 spiro atoms. The summed E-state index contributed by atoms with van der Waals surface area (Å²) in [5.74, 6) is -1.68. The summed E-state index contributed by atoms with van der Waals surface area (Å²) in [4.78, 5) is 0. The molecule has 0 aromatic heterocycles. The molecule has 0 saturated carbocycles. The molecule has 2 rings (SSSR count). The van der Waals surface area contributed by atoms with E-state index in [0.29, 0.717) is 11.3 Å². The molecule has 4 nitrogen and oxygen atoms in total. The Morgan fingerprint density at radius 2 is 1.79 bits per heavy atom. The Morgan fingerprint density at radius 3 is 2.47 bits per heavy atom. The molecular weight excluding hydrogens is 249 g/mol. The molecule has 4 N–H and O–H groups in total. The van der Waals surface area contributed by atoms with Crippen LogP contribution >= 0.6 is 0 Å². The summed E-state index contributed by atoms with van der Waals surface area (Å²) in [6.07, 6.45) is 0. The second-order valence-electron chi connectivity index (χ2n) is 4.31. The SMILES string of the molecule is Cc1cc(F)cc(NCc2ccc(O)c(O)c2O)c1. The van der Waals surface area contributed by atoms with Crippen LogP contribution < -0.4 is 5.32 Å². The lowest BCUT2D eigenvalue weighted by molar-refractivity contribution is 0.365. The maximum atomic E-state index is 13.2. The van der Waals surface area contributed by atoms with Crippen molar-refractivity contribution in [3.05, 3.63) is 47.3 Å². The zero-order valence-electron chi connectivity index (χ0n) is 10.3. The quantitative estimate of drug-likeness (QED) is 0.642. The van der Waals surface area contributed by atoms with E-state index < -0.39 is 5.75 Å². The highest BCUT2D eigenvalue weighted by atomic mass is 19.1. The van der Waals surface area contributed by atoms with Crippen LogP contribution in [0.1, 0.15) is 11.1 Å². The van der Waals surface area contributed by atoms with Crippen LogP contribution in [0.2, 0.25) is 0 Å². The van der Waals surface area contributed by atoms with E-state index in [-0.39, 0.29) is 23.9 Å². The van der Waals surface area contributed by atoms with Crippen LogP contribution in [0.4, 0.5) is 10.1 Å². The minimum Gasteiger partial charge on any atom is -0.504 e. The molecule has 0 aliphatic carbocycles. The van der Waals surface area contributed by atoms with Crippen LogP contribution in [0.3, 0.4) is 0 Å². The van der Waals surface area contributed by atoms with Crippen LogP contribution in [0, 0.1) is 12.7 Å². The molecule has 0 atom stereocenters. The highest BCUT2D eigenvalue weighted by molar-refractivity contribution is 5.55. The summed E-state index contributed by atoms with van der Waals surface area (Å²) in [5.41, 5.74) is 1.75. The van der Waals surface area contributed by atoms with Crippen LogP contribution in [0.5, 0.6) is 17.2 Å². The fourth-order valence-electron chi connectivity index (χ4n) is 1.79. The highest BCUT2D eigenvalue weighted by Crippen LogP contribution is 2.37. The molecular formula is C14H14FNO3. The first-order valence-corrected chi connectivity index (χ1v) is 5.71. The summed E-state index contributed by atoms with van der Waals surface area (Å²) in [6.45, 7) is 1.97. The Bertz CT molecular complexity index is 594. The van der Waals surface area contributed by atoms with E-state index in [1.165, 1.54) is 24.3 Å². The van der Waals surface area contributed by atoms with Gasteiger partial charge >= 0.3 is 0 Å². The van der Waals surface area contributed by atoms with Crippen LogP contribution in [-0.4, -0.2) is 15.3 Å². The minimum atomic E-state index is -0.560. The van der Waals surface area contributed by atoms with Crippen molar-refractivity contribution in [1.82, 2.24) is 0 Å². The number of benzene rings is 2. The van der Waals surface area contributed by atoms with Gasteiger partial charge in [-0.3, -0.25) is 0 Å². The zero-order chi connectivity index (χ0) is 14.0. The van der Waals surface area contributed by atoms with Crippen LogP contribution in [0.25, 0.3) is 0 Å². The molecule has 19 heavy (non-hydrogen) atoms. The van der Waals surface area contributed by atoms with Crippen LogP contribution in [-0.2, 0) is 6.54 Å². The summed E-state index contributed by atoms with van der Waals surface area (Å²) in [6, 6.07) is 7.27. The van der Waals surface area contributed by atoms with Crippen molar-refractivity contribution in [2.24, 2.45) is 0 Å². The number of rotatable bonds is 3. The Hall–Kier alpha value is -2.43. The summed E-state index contributed by atoms with van der Waals surface area (Å²) in [7, 11) is 0. The second-order valence-corrected chi connectivity index (χ2v) is 4.31. The molecule has 0 aliphatic heterocycles. The molecule has 0 unspecified atom stereocenters. The number of aryl methyl sites for hydroxylation is 1. The Balaban J connectivity index is 2.17. The predicted molar refractivity (Wildman–Crippen MR) is 69.9 cm³/mol. The highest BCUT2D eigenvalue weighted by Gasteiger charge is 2.10. The number of aromatic hydroxyl groups is 3. The lowest BCUT2D eigenvalue weighted by atomic mass is 10.1. The summed E-state index contributed by atoms with van der Waals surface area (Å²) >= 11 is 0. The normalized spacial score (nSPS) is 10.4. The van der Waals surface area contributed by atoms with Gasteiger partial charge in [0.15, 0.2) is 11.5 Å². The van der Waals surface area contributed by atoms with Crippen molar-refractivity contribution >= 4 is 5.69 Å². The maximum Gasteiger partial charge on any atom is 0.200 e.